The molecule has 0 saturated heterocycles. The van der Waals surface area contributed by atoms with Gasteiger partial charge in [-0.25, -0.2) is 0 Å². The van der Waals surface area contributed by atoms with Crippen LogP contribution in [-0.2, 0) is 11.3 Å². The number of fused-ring (bicyclic) bond motifs is 2. The lowest BCUT2D eigenvalue weighted by atomic mass is 10.2. The molecule has 2 heterocycles. The van der Waals surface area contributed by atoms with Gasteiger partial charge in [-0.1, -0.05) is 12.1 Å². The highest BCUT2D eigenvalue weighted by Crippen LogP contribution is 2.38. The lowest BCUT2D eigenvalue weighted by Crippen LogP contribution is -2.13. The van der Waals surface area contributed by atoms with Crippen LogP contribution in [0.25, 0.3) is 0 Å². The van der Waals surface area contributed by atoms with E-state index >= 15 is 0 Å². The second-order valence-corrected chi connectivity index (χ2v) is 4.58. The van der Waals surface area contributed by atoms with Crippen molar-refractivity contribution in [2.75, 3.05) is 10.2 Å². The van der Waals surface area contributed by atoms with Crippen LogP contribution in [0.5, 0.6) is 0 Å². The topological polar surface area (TPSA) is 32.3 Å². The van der Waals surface area contributed by atoms with Gasteiger partial charge in [0.25, 0.3) is 0 Å². The van der Waals surface area contributed by atoms with Crippen molar-refractivity contribution < 1.29 is 4.79 Å². The SMILES string of the molecule is O=CN1c2ccccc2NCc2sccc21. The fourth-order valence-electron chi connectivity index (χ4n) is 1.93. The molecule has 16 heavy (non-hydrogen) atoms. The Labute approximate surface area is 97.3 Å². The molecule has 1 aromatic heterocycles. The van der Waals surface area contributed by atoms with Crippen molar-refractivity contribution in [3.8, 4) is 0 Å². The molecule has 0 aliphatic carbocycles. The van der Waals surface area contributed by atoms with Gasteiger partial charge >= 0.3 is 0 Å². The van der Waals surface area contributed by atoms with Crippen molar-refractivity contribution in [3.05, 3.63) is 40.6 Å². The molecule has 1 aliphatic rings. The molecule has 0 bridgehead atoms. The number of benzene rings is 1. The molecule has 2 aromatic rings. The van der Waals surface area contributed by atoms with Gasteiger partial charge in [-0.2, -0.15) is 0 Å². The predicted molar refractivity (Wildman–Crippen MR) is 66.3 cm³/mol. The number of nitrogens with zero attached hydrogens (tertiary/aromatic N) is 1. The van der Waals surface area contributed by atoms with Crippen molar-refractivity contribution in [1.82, 2.24) is 0 Å². The average molecular weight is 230 g/mol. The van der Waals surface area contributed by atoms with Gasteiger partial charge < -0.3 is 5.32 Å². The maximum absolute atomic E-state index is 11.2. The van der Waals surface area contributed by atoms with E-state index in [1.54, 1.807) is 16.2 Å². The fraction of sp³-hybridized carbons (Fsp3) is 0.0833. The van der Waals surface area contributed by atoms with Crippen LogP contribution in [0.2, 0.25) is 0 Å². The van der Waals surface area contributed by atoms with Crippen molar-refractivity contribution in [3.63, 3.8) is 0 Å². The first-order chi connectivity index (χ1) is 7.90. The quantitative estimate of drug-likeness (QED) is 0.764. The van der Waals surface area contributed by atoms with Gasteiger partial charge in [0.2, 0.25) is 6.41 Å². The van der Waals surface area contributed by atoms with E-state index in [1.165, 1.54) is 4.88 Å². The first kappa shape index (κ1) is 9.42. The number of hydrogen-bond donors (Lipinski definition) is 1. The van der Waals surface area contributed by atoms with Crippen LogP contribution in [0.1, 0.15) is 4.88 Å². The van der Waals surface area contributed by atoms with Crippen LogP contribution in [0, 0.1) is 0 Å². The third-order valence-corrected chi connectivity index (χ3v) is 3.60. The molecule has 0 unspecified atom stereocenters. The zero-order valence-corrected chi connectivity index (χ0v) is 9.33. The lowest BCUT2D eigenvalue weighted by molar-refractivity contribution is -0.106. The van der Waals surface area contributed by atoms with E-state index in [0.29, 0.717) is 0 Å². The van der Waals surface area contributed by atoms with E-state index in [9.17, 15) is 4.79 Å². The molecular formula is C12H10N2OS. The maximum atomic E-state index is 11.2. The standard InChI is InChI=1S/C12H10N2OS/c15-8-14-10-4-2-1-3-9(10)13-7-12-11(14)5-6-16-12/h1-6,8,13H,7H2. The summed E-state index contributed by atoms with van der Waals surface area (Å²) in [6.07, 6.45) is 0.872. The first-order valence-electron chi connectivity index (χ1n) is 5.04. The summed E-state index contributed by atoms with van der Waals surface area (Å²) in [5.74, 6) is 0. The number of anilines is 3. The van der Waals surface area contributed by atoms with Gasteiger partial charge in [0.15, 0.2) is 0 Å². The third-order valence-electron chi connectivity index (χ3n) is 2.69. The molecule has 1 amide bonds. The zero-order chi connectivity index (χ0) is 11.0. The van der Waals surface area contributed by atoms with Crippen molar-refractivity contribution in [2.24, 2.45) is 0 Å². The van der Waals surface area contributed by atoms with Crippen molar-refractivity contribution in [1.29, 1.82) is 0 Å². The number of thiophene rings is 1. The van der Waals surface area contributed by atoms with Gasteiger partial charge in [-0.05, 0) is 23.6 Å². The highest BCUT2D eigenvalue weighted by Gasteiger charge is 2.20. The minimum absolute atomic E-state index is 0.772. The number of carbonyl (C=O) groups excluding carboxylic acids is 1. The minimum atomic E-state index is 0.772. The van der Waals surface area contributed by atoms with Crippen LogP contribution in [0.15, 0.2) is 35.7 Å². The summed E-state index contributed by atoms with van der Waals surface area (Å²) in [5.41, 5.74) is 2.89. The third kappa shape index (κ3) is 1.31. The highest BCUT2D eigenvalue weighted by molar-refractivity contribution is 7.10. The smallest absolute Gasteiger partial charge is 0.218 e. The van der Waals surface area contributed by atoms with Gasteiger partial charge in [-0.15, -0.1) is 11.3 Å². The van der Waals surface area contributed by atoms with E-state index in [4.69, 9.17) is 0 Å². The Hall–Kier alpha value is -1.81. The molecule has 80 valence electrons. The molecule has 0 atom stereocenters. The molecule has 0 spiro atoms. The summed E-state index contributed by atoms with van der Waals surface area (Å²) in [4.78, 5) is 14.1. The summed E-state index contributed by atoms with van der Waals surface area (Å²) in [6, 6.07) is 9.83. The Kier molecular flexibility index (Phi) is 2.15. The number of carbonyl (C=O) groups is 1. The molecule has 4 heteroatoms. The number of hydrogen-bond acceptors (Lipinski definition) is 3. The predicted octanol–water partition coefficient (Wildman–Crippen LogP) is 2.97. The van der Waals surface area contributed by atoms with E-state index in [2.05, 4.69) is 5.32 Å². The van der Waals surface area contributed by atoms with Crippen LogP contribution in [-0.4, -0.2) is 6.41 Å². The van der Waals surface area contributed by atoms with Crippen LogP contribution in [0.3, 0.4) is 0 Å². The minimum Gasteiger partial charge on any atom is -0.378 e. The van der Waals surface area contributed by atoms with Gasteiger partial charge in [0, 0.05) is 4.88 Å². The van der Waals surface area contributed by atoms with E-state index in [1.807, 2.05) is 35.7 Å². The Morgan fingerprint density at radius 1 is 1.25 bits per heavy atom. The number of nitrogens with one attached hydrogen (secondary N) is 1. The van der Waals surface area contributed by atoms with E-state index < -0.39 is 0 Å². The van der Waals surface area contributed by atoms with Crippen molar-refractivity contribution >= 4 is 34.8 Å². The number of para-hydroxylation sites is 2. The Bertz CT molecular complexity index is 535. The molecule has 3 rings (SSSR count). The first-order valence-corrected chi connectivity index (χ1v) is 5.92. The average Bonchev–Trinajstić information content (AvgIpc) is 2.72. The fourth-order valence-corrected chi connectivity index (χ4v) is 2.74. The molecular weight excluding hydrogens is 220 g/mol. The highest BCUT2D eigenvalue weighted by atomic mass is 32.1. The molecule has 0 radical (unpaired) electrons. The Morgan fingerprint density at radius 2 is 2.12 bits per heavy atom. The summed E-state index contributed by atoms with van der Waals surface area (Å²) >= 11 is 1.67. The normalized spacial score (nSPS) is 13.4. The molecule has 0 fully saturated rings. The number of amides is 1. The Balaban J connectivity index is 2.21. The van der Waals surface area contributed by atoms with Crippen LogP contribution in [0.4, 0.5) is 17.1 Å². The second-order valence-electron chi connectivity index (χ2n) is 3.58. The molecule has 0 saturated carbocycles. The second kappa shape index (κ2) is 3.64. The van der Waals surface area contributed by atoms with Crippen LogP contribution >= 0.6 is 11.3 Å². The van der Waals surface area contributed by atoms with E-state index in [-0.39, 0.29) is 0 Å². The van der Waals surface area contributed by atoms with Gasteiger partial charge in [-0.3, -0.25) is 9.69 Å². The van der Waals surface area contributed by atoms with Gasteiger partial charge in [0.05, 0.1) is 23.6 Å². The summed E-state index contributed by atoms with van der Waals surface area (Å²) in [7, 11) is 0. The van der Waals surface area contributed by atoms with E-state index in [0.717, 1.165) is 30.0 Å². The molecule has 1 aliphatic heterocycles. The zero-order valence-electron chi connectivity index (χ0n) is 8.51. The summed E-state index contributed by atoms with van der Waals surface area (Å²) in [6.45, 7) is 0.772. The summed E-state index contributed by atoms with van der Waals surface area (Å²) in [5, 5.41) is 5.35. The molecule has 1 aromatic carbocycles. The maximum Gasteiger partial charge on any atom is 0.218 e. The van der Waals surface area contributed by atoms with Crippen LogP contribution < -0.4 is 10.2 Å². The largest absolute Gasteiger partial charge is 0.378 e. The lowest BCUT2D eigenvalue weighted by Gasteiger charge is -2.17. The van der Waals surface area contributed by atoms with Crippen molar-refractivity contribution in [2.45, 2.75) is 6.54 Å². The Morgan fingerprint density at radius 3 is 3.00 bits per heavy atom. The molecule has 1 N–H and O–H groups in total. The summed E-state index contributed by atoms with van der Waals surface area (Å²) < 4.78 is 0. The monoisotopic (exact) mass is 230 g/mol. The van der Waals surface area contributed by atoms with Gasteiger partial charge in [0.1, 0.15) is 0 Å². The molecule has 3 nitrogen and oxygen atoms in total. The number of rotatable bonds is 1.